The van der Waals surface area contributed by atoms with Crippen LogP contribution in [0.1, 0.15) is 21.5 Å². The number of nitrogens with zero attached hydrogens (tertiary/aromatic N) is 2. The number of nitrogens with one attached hydrogen (secondary N) is 1. The van der Waals surface area contributed by atoms with E-state index in [2.05, 4.69) is 15.1 Å². The second kappa shape index (κ2) is 9.82. The third kappa shape index (κ3) is 4.74. The zero-order chi connectivity index (χ0) is 24.4. The molecule has 5 nitrogen and oxygen atoms in total. The number of methoxy groups -OCH3 is 1. The first-order valence-electron chi connectivity index (χ1n) is 11.0. The molecule has 0 aliphatic carbocycles. The zero-order valence-electron chi connectivity index (χ0n) is 18.8. The van der Waals surface area contributed by atoms with Crippen molar-refractivity contribution in [3.63, 3.8) is 0 Å². The van der Waals surface area contributed by atoms with Crippen LogP contribution >= 0.6 is 23.2 Å². The maximum atomic E-state index is 12.9. The van der Waals surface area contributed by atoms with Crippen LogP contribution in [0.15, 0.2) is 90.2 Å². The second-order valence-corrected chi connectivity index (χ2v) is 8.91. The third-order valence-corrected chi connectivity index (χ3v) is 6.44. The molecule has 0 saturated carbocycles. The Hall–Kier alpha value is -3.80. The summed E-state index contributed by atoms with van der Waals surface area (Å²) >= 11 is 12.4. The Morgan fingerprint density at radius 2 is 1.74 bits per heavy atom. The Bertz CT molecular complexity index is 1590. The van der Waals surface area contributed by atoms with E-state index in [4.69, 9.17) is 27.9 Å². The summed E-state index contributed by atoms with van der Waals surface area (Å²) in [5, 5.41) is 8.41. The van der Waals surface area contributed by atoms with Gasteiger partial charge in [-0.1, -0.05) is 71.7 Å². The largest absolute Gasteiger partial charge is 0.496 e. The number of fused-ring (bicyclic) bond motifs is 2. The van der Waals surface area contributed by atoms with Gasteiger partial charge >= 0.3 is 0 Å². The minimum Gasteiger partial charge on any atom is -0.496 e. The fourth-order valence-electron chi connectivity index (χ4n) is 4.13. The molecule has 0 unspecified atom stereocenters. The highest BCUT2D eigenvalue weighted by atomic mass is 35.5. The Balaban J connectivity index is 1.41. The van der Waals surface area contributed by atoms with E-state index in [9.17, 15) is 4.79 Å². The quantitative estimate of drug-likeness (QED) is 0.202. The Morgan fingerprint density at radius 1 is 1.00 bits per heavy atom. The van der Waals surface area contributed by atoms with Crippen molar-refractivity contribution < 1.29 is 9.53 Å². The number of ether oxygens (including phenoxy) is 1. The predicted molar refractivity (Wildman–Crippen MR) is 143 cm³/mol. The lowest BCUT2D eigenvalue weighted by atomic mass is 10.1. The molecule has 0 spiro atoms. The number of hydrogen-bond donors (Lipinski definition) is 1. The molecular formula is C28H21Cl2N3O2. The average Bonchev–Trinajstić information content (AvgIpc) is 3.22. The summed E-state index contributed by atoms with van der Waals surface area (Å²) in [5.74, 6) is 0.147. The average molecular weight is 502 g/mol. The Labute approximate surface area is 212 Å². The van der Waals surface area contributed by atoms with Gasteiger partial charge in [0.05, 0.1) is 18.9 Å². The van der Waals surface area contributed by atoms with Crippen LogP contribution in [-0.4, -0.2) is 23.8 Å². The van der Waals surface area contributed by atoms with Crippen LogP contribution in [0.4, 0.5) is 0 Å². The van der Waals surface area contributed by atoms with E-state index < -0.39 is 0 Å². The molecular weight excluding hydrogens is 481 g/mol. The molecule has 1 amide bonds. The highest BCUT2D eigenvalue weighted by Crippen LogP contribution is 2.27. The van der Waals surface area contributed by atoms with Gasteiger partial charge in [-0.3, -0.25) is 4.79 Å². The number of benzene rings is 4. The number of hydrogen-bond acceptors (Lipinski definition) is 3. The van der Waals surface area contributed by atoms with Crippen molar-refractivity contribution in [3.8, 4) is 5.75 Å². The fourth-order valence-corrected chi connectivity index (χ4v) is 4.60. The molecule has 4 aromatic carbocycles. The van der Waals surface area contributed by atoms with E-state index >= 15 is 0 Å². The smallest absolute Gasteiger partial charge is 0.275 e. The summed E-state index contributed by atoms with van der Waals surface area (Å²) in [4.78, 5) is 12.9. The molecule has 0 bridgehead atoms. The first-order valence-corrected chi connectivity index (χ1v) is 11.7. The van der Waals surface area contributed by atoms with E-state index in [0.29, 0.717) is 27.9 Å². The molecule has 174 valence electrons. The van der Waals surface area contributed by atoms with E-state index in [1.165, 1.54) is 0 Å². The van der Waals surface area contributed by atoms with Gasteiger partial charge in [0.1, 0.15) is 5.75 Å². The second-order valence-electron chi connectivity index (χ2n) is 8.06. The zero-order valence-corrected chi connectivity index (χ0v) is 20.3. The maximum absolute atomic E-state index is 12.9. The molecule has 1 N–H and O–H groups in total. The first kappa shape index (κ1) is 23.0. The van der Waals surface area contributed by atoms with Crippen molar-refractivity contribution in [3.05, 3.63) is 112 Å². The van der Waals surface area contributed by atoms with Crippen LogP contribution in [0.3, 0.4) is 0 Å². The van der Waals surface area contributed by atoms with Crippen LogP contribution in [0.25, 0.3) is 21.7 Å². The number of halogens is 2. The highest BCUT2D eigenvalue weighted by molar-refractivity contribution is 6.35. The predicted octanol–water partition coefficient (Wildman–Crippen LogP) is 6.92. The lowest BCUT2D eigenvalue weighted by Gasteiger charge is -2.09. The van der Waals surface area contributed by atoms with Crippen LogP contribution in [0.5, 0.6) is 5.75 Å². The molecule has 0 fully saturated rings. The molecule has 1 heterocycles. The van der Waals surface area contributed by atoms with E-state index in [1.807, 2.05) is 72.9 Å². The summed E-state index contributed by atoms with van der Waals surface area (Å²) in [6, 6.07) is 25.0. The van der Waals surface area contributed by atoms with Crippen molar-refractivity contribution in [1.29, 1.82) is 0 Å². The Kier molecular flexibility index (Phi) is 6.45. The number of aromatic nitrogens is 1. The Morgan fingerprint density at radius 3 is 2.51 bits per heavy atom. The van der Waals surface area contributed by atoms with Crippen molar-refractivity contribution in [2.24, 2.45) is 5.10 Å². The van der Waals surface area contributed by atoms with Gasteiger partial charge in [0.2, 0.25) is 0 Å². The number of rotatable bonds is 6. The lowest BCUT2D eigenvalue weighted by Crippen LogP contribution is -2.18. The molecule has 0 saturated heterocycles. The number of hydrazone groups is 1. The van der Waals surface area contributed by atoms with Crippen LogP contribution in [0, 0.1) is 0 Å². The van der Waals surface area contributed by atoms with Gasteiger partial charge in [-0.15, -0.1) is 0 Å². The SMILES string of the molecule is COc1cc2ccccc2cc1C(=O)N/N=C\c1cn(Cc2ccc(Cl)cc2Cl)c2ccccc12. The third-order valence-electron chi connectivity index (χ3n) is 5.86. The van der Waals surface area contributed by atoms with Gasteiger partial charge in [0.25, 0.3) is 5.91 Å². The topological polar surface area (TPSA) is 55.6 Å². The van der Waals surface area contributed by atoms with Gasteiger partial charge in [-0.2, -0.15) is 5.10 Å². The lowest BCUT2D eigenvalue weighted by molar-refractivity contribution is 0.0952. The summed E-state index contributed by atoms with van der Waals surface area (Å²) < 4.78 is 7.54. The van der Waals surface area contributed by atoms with Crippen LogP contribution < -0.4 is 10.2 Å². The van der Waals surface area contributed by atoms with Gasteiger partial charge in [-0.25, -0.2) is 5.43 Å². The minimum absolute atomic E-state index is 0.347. The van der Waals surface area contributed by atoms with E-state index in [-0.39, 0.29) is 5.91 Å². The van der Waals surface area contributed by atoms with Crippen molar-refractivity contribution in [2.45, 2.75) is 6.54 Å². The molecule has 5 rings (SSSR count). The van der Waals surface area contributed by atoms with Crippen molar-refractivity contribution >= 4 is 57.0 Å². The maximum Gasteiger partial charge on any atom is 0.275 e. The fraction of sp³-hybridized carbons (Fsp3) is 0.0714. The minimum atomic E-state index is -0.347. The van der Waals surface area contributed by atoms with Gasteiger partial charge in [0, 0.05) is 39.3 Å². The standard InChI is InChI=1S/C28H21Cl2N3O2/c1-35-27-13-19-7-3-2-6-18(19)12-24(27)28(34)32-31-15-21-17-33(26-9-5-4-8-23(21)26)16-20-10-11-22(29)14-25(20)30/h2-15,17H,16H2,1H3,(H,32,34)/b31-15-. The summed E-state index contributed by atoms with van der Waals surface area (Å²) in [6.07, 6.45) is 3.63. The number of carbonyl (C=O) groups excluding carboxylic acids is 1. The van der Waals surface area contributed by atoms with Crippen molar-refractivity contribution in [1.82, 2.24) is 9.99 Å². The van der Waals surface area contributed by atoms with Gasteiger partial charge in [0.15, 0.2) is 0 Å². The molecule has 1 aromatic heterocycles. The van der Waals surface area contributed by atoms with Crippen molar-refractivity contribution in [2.75, 3.05) is 7.11 Å². The molecule has 0 atom stereocenters. The molecule has 0 radical (unpaired) electrons. The normalized spacial score (nSPS) is 11.4. The van der Waals surface area contributed by atoms with Crippen LogP contribution in [-0.2, 0) is 6.54 Å². The molecule has 0 aliphatic rings. The van der Waals surface area contributed by atoms with Crippen LogP contribution in [0.2, 0.25) is 10.0 Å². The highest BCUT2D eigenvalue weighted by Gasteiger charge is 2.14. The molecule has 5 aromatic rings. The summed E-state index contributed by atoms with van der Waals surface area (Å²) in [6.45, 7) is 0.574. The van der Waals surface area contributed by atoms with E-state index in [0.717, 1.165) is 32.8 Å². The number of carbonyl (C=O) groups is 1. The molecule has 0 aliphatic heterocycles. The summed E-state index contributed by atoms with van der Waals surface area (Å²) in [7, 11) is 1.55. The van der Waals surface area contributed by atoms with Gasteiger partial charge in [-0.05, 0) is 46.7 Å². The number of para-hydroxylation sites is 1. The monoisotopic (exact) mass is 501 g/mol. The molecule has 35 heavy (non-hydrogen) atoms. The first-order chi connectivity index (χ1) is 17.0. The van der Waals surface area contributed by atoms with E-state index in [1.54, 1.807) is 25.5 Å². The molecule has 7 heteroatoms. The van der Waals surface area contributed by atoms with Gasteiger partial charge < -0.3 is 9.30 Å². The summed E-state index contributed by atoms with van der Waals surface area (Å²) in [5.41, 5.74) is 5.91. The number of amides is 1.